The summed E-state index contributed by atoms with van der Waals surface area (Å²) in [7, 11) is 0. The number of carbonyl (C=O) groups excluding carboxylic acids is 1. The van der Waals surface area contributed by atoms with E-state index in [4.69, 9.17) is 4.52 Å². The Bertz CT molecular complexity index is 923. The highest BCUT2D eigenvalue weighted by atomic mass is 19.1. The minimum atomic E-state index is -0.216. The van der Waals surface area contributed by atoms with E-state index in [0.717, 1.165) is 43.5 Å². The quantitative estimate of drug-likeness (QED) is 0.710. The van der Waals surface area contributed by atoms with Gasteiger partial charge < -0.3 is 9.42 Å². The van der Waals surface area contributed by atoms with Crippen LogP contribution in [0.2, 0.25) is 0 Å². The van der Waals surface area contributed by atoms with Gasteiger partial charge in [-0.25, -0.2) is 4.39 Å². The molecule has 140 valence electrons. The zero-order valence-corrected chi connectivity index (χ0v) is 15.1. The smallest absolute Gasteiger partial charge is 0.228 e. The van der Waals surface area contributed by atoms with Gasteiger partial charge in [0.25, 0.3) is 0 Å². The van der Waals surface area contributed by atoms with Gasteiger partial charge in [0.1, 0.15) is 11.5 Å². The van der Waals surface area contributed by atoms with E-state index in [9.17, 15) is 9.18 Å². The van der Waals surface area contributed by atoms with E-state index in [1.54, 1.807) is 0 Å². The van der Waals surface area contributed by atoms with Crippen LogP contribution < -0.4 is 0 Å². The maximum Gasteiger partial charge on any atom is 0.228 e. The zero-order valence-electron chi connectivity index (χ0n) is 15.1. The number of para-hydroxylation sites is 1. The van der Waals surface area contributed by atoms with Crippen molar-refractivity contribution in [1.82, 2.24) is 15.0 Å². The molecule has 6 heteroatoms. The number of rotatable bonds is 4. The van der Waals surface area contributed by atoms with Crippen LogP contribution in [0.4, 0.5) is 4.39 Å². The highest BCUT2D eigenvalue weighted by Crippen LogP contribution is 2.19. The van der Waals surface area contributed by atoms with Gasteiger partial charge in [-0.1, -0.05) is 29.4 Å². The van der Waals surface area contributed by atoms with Crippen LogP contribution in [0.25, 0.3) is 11.0 Å². The van der Waals surface area contributed by atoms with Gasteiger partial charge in [-0.15, -0.1) is 0 Å². The lowest BCUT2D eigenvalue weighted by molar-refractivity contribution is -0.130. The summed E-state index contributed by atoms with van der Waals surface area (Å²) in [6.07, 6.45) is 1.18. The summed E-state index contributed by atoms with van der Waals surface area (Å²) < 4.78 is 18.4. The second-order valence-corrected chi connectivity index (χ2v) is 6.94. The third-order valence-electron chi connectivity index (χ3n) is 5.03. The van der Waals surface area contributed by atoms with E-state index >= 15 is 0 Å². The standard InChI is InChI=1S/C21H22FN3O2/c22-17-8-6-16(7-9-17)15-24-10-3-11-25(13-12-24)21(26)14-19-18-4-1-2-5-20(18)27-23-19/h1-2,4-9H,3,10-15H2. The molecule has 4 rings (SSSR count). The zero-order chi connectivity index (χ0) is 18.6. The molecule has 0 atom stereocenters. The molecule has 0 bridgehead atoms. The number of benzene rings is 2. The Balaban J connectivity index is 1.36. The van der Waals surface area contributed by atoms with Crippen LogP contribution in [0, 0.1) is 5.82 Å². The summed E-state index contributed by atoms with van der Waals surface area (Å²) in [6, 6.07) is 14.2. The van der Waals surface area contributed by atoms with Crippen LogP contribution in [0.5, 0.6) is 0 Å². The molecular formula is C21H22FN3O2. The van der Waals surface area contributed by atoms with Gasteiger partial charge in [-0.2, -0.15) is 0 Å². The molecule has 1 aliphatic heterocycles. The fourth-order valence-corrected chi connectivity index (χ4v) is 3.55. The lowest BCUT2D eigenvalue weighted by Gasteiger charge is -2.22. The van der Waals surface area contributed by atoms with E-state index in [0.29, 0.717) is 17.8 Å². The van der Waals surface area contributed by atoms with Crippen LogP contribution in [-0.4, -0.2) is 47.0 Å². The Hall–Kier alpha value is -2.73. The Morgan fingerprint density at radius 3 is 2.70 bits per heavy atom. The van der Waals surface area contributed by atoms with Gasteiger partial charge in [0.15, 0.2) is 5.58 Å². The van der Waals surface area contributed by atoms with Gasteiger partial charge in [0.2, 0.25) is 5.91 Å². The Morgan fingerprint density at radius 2 is 1.85 bits per heavy atom. The van der Waals surface area contributed by atoms with E-state index in [1.165, 1.54) is 12.1 Å². The molecule has 1 aromatic heterocycles. The molecule has 1 amide bonds. The number of aromatic nitrogens is 1. The third-order valence-corrected chi connectivity index (χ3v) is 5.03. The fraction of sp³-hybridized carbons (Fsp3) is 0.333. The molecule has 2 heterocycles. The molecule has 1 saturated heterocycles. The van der Waals surface area contributed by atoms with Crippen molar-refractivity contribution in [2.45, 2.75) is 19.4 Å². The first kappa shape index (κ1) is 17.7. The molecule has 0 spiro atoms. The second kappa shape index (κ2) is 7.88. The molecule has 3 aromatic rings. The normalized spacial score (nSPS) is 15.8. The number of halogens is 1. The van der Waals surface area contributed by atoms with Crippen molar-refractivity contribution in [1.29, 1.82) is 0 Å². The predicted molar refractivity (Wildman–Crippen MR) is 101 cm³/mol. The average molecular weight is 367 g/mol. The Kier molecular flexibility index (Phi) is 5.16. The summed E-state index contributed by atoms with van der Waals surface area (Å²) >= 11 is 0. The first-order chi connectivity index (χ1) is 13.2. The number of hydrogen-bond acceptors (Lipinski definition) is 4. The maximum atomic E-state index is 13.1. The lowest BCUT2D eigenvalue weighted by atomic mass is 10.1. The molecule has 27 heavy (non-hydrogen) atoms. The van der Waals surface area contributed by atoms with Crippen molar-refractivity contribution in [3.63, 3.8) is 0 Å². The summed E-state index contributed by atoms with van der Waals surface area (Å²) in [5.41, 5.74) is 2.50. The van der Waals surface area contributed by atoms with Crippen LogP contribution in [0.1, 0.15) is 17.7 Å². The van der Waals surface area contributed by atoms with Crippen molar-refractivity contribution in [3.8, 4) is 0 Å². The third kappa shape index (κ3) is 4.17. The molecule has 1 fully saturated rings. The van der Waals surface area contributed by atoms with Crippen molar-refractivity contribution in [2.75, 3.05) is 26.2 Å². The summed E-state index contributed by atoms with van der Waals surface area (Å²) in [4.78, 5) is 17.0. The number of amides is 1. The van der Waals surface area contributed by atoms with Crippen LogP contribution in [0.3, 0.4) is 0 Å². The van der Waals surface area contributed by atoms with Crippen LogP contribution in [0.15, 0.2) is 53.1 Å². The van der Waals surface area contributed by atoms with Crippen molar-refractivity contribution in [2.24, 2.45) is 0 Å². The highest BCUT2D eigenvalue weighted by Gasteiger charge is 2.21. The van der Waals surface area contributed by atoms with Crippen molar-refractivity contribution >= 4 is 16.9 Å². The first-order valence-corrected chi connectivity index (χ1v) is 9.27. The van der Waals surface area contributed by atoms with Crippen LogP contribution >= 0.6 is 0 Å². The average Bonchev–Trinajstić information content (AvgIpc) is 2.93. The molecule has 0 N–H and O–H groups in total. The second-order valence-electron chi connectivity index (χ2n) is 6.94. The van der Waals surface area contributed by atoms with Gasteiger partial charge in [0.05, 0.1) is 6.42 Å². The summed E-state index contributed by atoms with van der Waals surface area (Å²) in [5, 5.41) is 4.97. The minimum Gasteiger partial charge on any atom is -0.356 e. The largest absolute Gasteiger partial charge is 0.356 e. The van der Waals surface area contributed by atoms with Crippen LogP contribution in [-0.2, 0) is 17.8 Å². The summed E-state index contributed by atoms with van der Waals surface area (Å²) in [6.45, 7) is 3.94. The van der Waals surface area contributed by atoms with Crippen molar-refractivity contribution < 1.29 is 13.7 Å². The number of hydrogen-bond donors (Lipinski definition) is 0. The molecule has 0 radical (unpaired) electrons. The lowest BCUT2D eigenvalue weighted by Crippen LogP contribution is -2.36. The van der Waals surface area contributed by atoms with Gasteiger partial charge in [-0.05, 0) is 36.2 Å². The molecule has 2 aromatic carbocycles. The van der Waals surface area contributed by atoms with Crippen molar-refractivity contribution in [3.05, 3.63) is 65.6 Å². The first-order valence-electron chi connectivity index (χ1n) is 9.27. The highest BCUT2D eigenvalue weighted by molar-refractivity contribution is 5.86. The van der Waals surface area contributed by atoms with E-state index in [-0.39, 0.29) is 18.1 Å². The monoisotopic (exact) mass is 367 g/mol. The molecule has 5 nitrogen and oxygen atoms in total. The number of nitrogens with zero attached hydrogens (tertiary/aromatic N) is 3. The fourth-order valence-electron chi connectivity index (χ4n) is 3.55. The predicted octanol–water partition coefficient (Wildman–Crippen LogP) is 3.24. The maximum absolute atomic E-state index is 13.1. The molecule has 0 aliphatic carbocycles. The Labute approximate surface area is 157 Å². The van der Waals surface area contributed by atoms with E-state index in [1.807, 2.05) is 41.3 Å². The topological polar surface area (TPSA) is 49.6 Å². The van der Waals surface area contributed by atoms with Gasteiger partial charge in [0, 0.05) is 38.1 Å². The number of fused-ring (bicyclic) bond motifs is 1. The van der Waals surface area contributed by atoms with E-state index < -0.39 is 0 Å². The minimum absolute atomic E-state index is 0.0812. The molecule has 0 unspecified atom stereocenters. The van der Waals surface area contributed by atoms with Gasteiger partial charge in [-0.3, -0.25) is 9.69 Å². The summed E-state index contributed by atoms with van der Waals surface area (Å²) in [5.74, 6) is -0.135. The molecule has 0 saturated carbocycles. The number of carbonyl (C=O) groups is 1. The molecular weight excluding hydrogens is 345 g/mol. The SMILES string of the molecule is O=C(Cc1noc2ccccc12)N1CCCN(Cc2ccc(F)cc2)CC1. The van der Waals surface area contributed by atoms with E-state index in [2.05, 4.69) is 10.1 Å². The van der Waals surface area contributed by atoms with Gasteiger partial charge >= 0.3 is 0 Å². The molecule has 1 aliphatic rings. The Morgan fingerprint density at radius 1 is 1.04 bits per heavy atom.